The van der Waals surface area contributed by atoms with E-state index in [2.05, 4.69) is 10.6 Å². The number of carbonyl (C=O) groups excluding carboxylic acids is 1. The van der Waals surface area contributed by atoms with Crippen molar-refractivity contribution in [1.29, 1.82) is 0 Å². The second-order valence-electron chi connectivity index (χ2n) is 5.16. The normalized spacial score (nSPS) is 11.9. The van der Waals surface area contributed by atoms with Crippen LogP contribution in [0.2, 0.25) is 0 Å². The number of sulfonamides is 1. The zero-order valence-electron chi connectivity index (χ0n) is 13.0. The molecule has 1 amide bonds. The van der Waals surface area contributed by atoms with E-state index in [0.717, 1.165) is 0 Å². The van der Waals surface area contributed by atoms with Gasteiger partial charge in [-0.2, -0.15) is 13.2 Å². The summed E-state index contributed by atoms with van der Waals surface area (Å²) < 4.78 is 73.7. The first-order valence-corrected chi connectivity index (χ1v) is 8.55. The highest BCUT2D eigenvalue weighted by Crippen LogP contribution is 2.31. The van der Waals surface area contributed by atoms with Gasteiger partial charge in [-0.05, 0) is 42.5 Å². The van der Waals surface area contributed by atoms with E-state index >= 15 is 0 Å². The molecule has 0 aromatic heterocycles. The number of benzene rings is 2. The number of hydrogen-bond acceptors (Lipinski definition) is 4. The van der Waals surface area contributed by atoms with Crippen LogP contribution in [0.1, 0.15) is 5.56 Å². The standard InChI is InChI=1S/C15H13F4N3O3S/c16-12-6-1-9(15(17,18)19)7-13(12)21-8-14(23)22-10-2-4-11(5-3-10)26(20,24)25/h1-7,21H,8H2,(H,22,23)(H2,20,24,25). The van der Waals surface area contributed by atoms with E-state index in [-0.39, 0.29) is 10.6 Å². The van der Waals surface area contributed by atoms with Gasteiger partial charge in [-0.3, -0.25) is 4.79 Å². The van der Waals surface area contributed by atoms with Gasteiger partial charge >= 0.3 is 6.18 Å². The van der Waals surface area contributed by atoms with Crippen LogP contribution in [0.15, 0.2) is 47.4 Å². The van der Waals surface area contributed by atoms with Crippen LogP contribution >= 0.6 is 0 Å². The van der Waals surface area contributed by atoms with Crippen LogP contribution in [0, 0.1) is 5.82 Å². The number of nitrogens with two attached hydrogens (primary N) is 1. The Labute approximate surface area is 146 Å². The zero-order chi connectivity index (χ0) is 19.5. The van der Waals surface area contributed by atoms with Crippen LogP contribution in [0.4, 0.5) is 28.9 Å². The predicted molar refractivity (Wildman–Crippen MR) is 86.3 cm³/mol. The quantitative estimate of drug-likeness (QED) is 0.682. The van der Waals surface area contributed by atoms with Crippen LogP contribution < -0.4 is 15.8 Å². The highest BCUT2D eigenvalue weighted by atomic mass is 32.2. The molecule has 2 rings (SSSR count). The second kappa shape index (κ2) is 7.30. The van der Waals surface area contributed by atoms with Gasteiger partial charge in [0.25, 0.3) is 0 Å². The summed E-state index contributed by atoms with van der Waals surface area (Å²) in [6, 6.07) is 6.70. The Morgan fingerprint density at radius 3 is 2.23 bits per heavy atom. The molecule has 4 N–H and O–H groups in total. The van der Waals surface area contributed by atoms with Crippen LogP contribution in [0.25, 0.3) is 0 Å². The summed E-state index contributed by atoms with van der Waals surface area (Å²) >= 11 is 0. The van der Waals surface area contributed by atoms with Gasteiger partial charge in [0.1, 0.15) is 5.82 Å². The molecule has 0 unspecified atom stereocenters. The average Bonchev–Trinajstić information content (AvgIpc) is 2.52. The lowest BCUT2D eigenvalue weighted by Crippen LogP contribution is -2.22. The van der Waals surface area contributed by atoms with Crippen molar-refractivity contribution >= 4 is 27.3 Å². The fourth-order valence-corrected chi connectivity index (χ4v) is 2.46. The first-order chi connectivity index (χ1) is 12.0. The van der Waals surface area contributed by atoms with Crippen molar-refractivity contribution in [3.63, 3.8) is 0 Å². The van der Waals surface area contributed by atoms with Gasteiger partial charge < -0.3 is 10.6 Å². The molecular weight excluding hydrogens is 378 g/mol. The average molecular weight is 391 g/mol. The Kier molecular flexibility index (Phi) is 5.52. The molecule has 6 nitrogen and oxygen atoms in total. The maximum absolute atomic E-state index is 13.6. The number of alkyl halides is 3. The van der Waals surface area contributed by atoms with Crippen molar-refractivity contribution in [3.8, 4) is 0 Å². The molecule has 0 bridgehead atoms. The maximum Gasteiger partial charge on any atom is 0.416 e. The molecule has 0 aliphatic rings. The Bertz CT molecular complexity index is 913. The van der Waals surface area contributed by atoms with E-state index in [9.17, 15) is 30.8 Å². The molecule has 2 aromatic carbocycles. The summed E-state index contributed by atoms with van der Waals surface area (Å²) in [4.78, 5) is 11.6. The topological polar surface area (TPSA) is 101 Å². The molecule has 0 heterocycles. The van der Waals surface area contributed by atoms with E-state index in [1.165, 1.54) is 24.3 Å². The molecule has 140 valence electrons. The molecule has 0 saturated carbocycles. The first-order valence-electron chi connectivity index (χ1n) is 7.00. The maximum atomic E-state index is 13.6. The van der Waals surface area contributed by atoms with Gasteiger partial charge in [-0.25, -0.2) is 17.9 Å². The summed E-state index contributed by atoms with van der Waals surface area (Å²) in [6.07, 6.45) is -4.64. The van der Waals surface area contributed by atoms with Crippen molar-refractivity contribution in [2.24, 2.45) is 5.14 Å². The molecule has 2 aromatic rings. The van der Waals surface area contributed by atoms with E-state index in [1.807, 2.05) is 0 Å². The number of primary sulfonamides is 1. The van der Waals surface area contributed by atoms with Crippen molar-refractivity contribution in [1.82, 2.24) is 0 Å². The van der Waals surface area contributed by atoms with Crippen LogP contribution in [-0.4, -0.2) is 20.9 Å². The van der Waals surface area contributed by atoms with Gasteiger partial charge in [-0.15, -0.1) is 0 Å². The Morgan fingerprint density at radius 2 is 1.69 bits per heavy atom. The predicted octanol–water partition coefficient (Wildman–Crippen LogP) is 2.54. The molecule has 0 saturated heterocycles. The van der Waals surface area contributed by atoms with E-state index in [4.69, 9.17) is 5.14 Å². The minimum absolute atomic E-state index is 0.153. The Hall–Kier alpha value is -2.66. The van der Waals surface area contributed by atoms with Gasteiger partial charge in [0.2, 0.25) is 15.9 Å². The molecule has 0 atom stereocenters. The minimum Gasteiger partial charge on any atom is -0.374 e. The van der Waals surface area contributed by atoms with Crippen molar-refractivity contribution in [2.75, 3.05) is 17.2 Å². The summed E-state index contributed by atoms with van der Waals surface area (Å²) in [6.45, 7) is -0.505. The molecular formula is C15H13F4N3O3S. The SMILES string of the molecule is NS(=O)(=O)c1ccc(NC(=O)CNc2cc(C(F)(F)F)ccc2F)cc1. The molecule has 11 heteroatoms. The highest BCUT2D eigenvalue weighted by Gasteiger charge is 2.31. The van der Waals surface area contributed by atoms with Gasteiger partial charge in [-0.1, -0.05) is 0 Å². The first kappa shape index (κ1) is 19.7. The van der Waals surface area contributed by atoms with Crippen molar-refractivity contribution in [3.05, 3.63) is 53.8 Å². The molecule has 0 aliphatic heterocycles. The van der Waals surface area contributed by atoms with Crippen molar-refractivity contribution in [2.45, 2.75) is 11.1 Å². The van der Waals surface area contributed by atoms with E-state index in [0.29, 0.717) is 18.2 Å². The summed E-state index contributed by atoms with van der Waals surface area (Å²) in [5.74, 6) is -1.62. The summed E-state index contributed by atoms with van der Waals surface area (Å²) in [5, 5.41) is 9.59. The van der Waals surface area contributed by atoms with Gasteiger partial charge in [0.15, 0.2) is 0 Å². The number of halogens is 4. The lowest BCUT2D eigenvalue weighted by atomic mass is 10.2. The molecule has 0 aliphatic carbocycles. The highest BCUT2D eigenvalue weighted by molar-refractivity contribution is 7.89. The zero-order valence-corrected chi connectivity index (χ0v) is 13.8. The molecule has 26 heavy (non-hydrogen) atoms. The third-order valence-corrected chi connectivity index (χ3v) is 4.13. The Morgan fingerprint density at radius 1 is 1.08 bits per heavy atom. The number of anilines is 2. The lowest BCUT2D eigenvalue weighted by molar-refractivity contribution is -0.137. The van der Waals surface area contributed by atoms with Crippen LogP contribution in [-0.2, 0) is 21.0 Å². The Balaban J connectivity index is 2.01. The number of hydrogen-bond donors (Lipinski definition) is 3. The molecule has 0 spiro atoms. The minimum atomic E-state index is -4.64. The van der Waals surface area contributed by atoms with E-state index < -0.39 is 45.7 Å². The lowest BCUT2D eigenvalue weighted by Gasteiger charge is -2.12. The number of rotatable bonds is 5. The van der Waals surface area contributed by atoms with Crippen LogP contribution in [0.3, 0.4) is 0 Å². The largest absolute Gasteiger partial charge is 0.416 e. The number of nitrogens with one attached hydrogen (secondary N) is 2. The number of carbonyl (C=O) groups is 1. The van der Waals surface area contributed by atoms with E-state index in [1.54, 1.807) is 0 Å². The summed E-state index contributed by atoms with van der Waals surface area (Å²) in [7, 11) is -3.87. The fraction of sp³-hybridized carbons (Fsp3) is 0.133. The van der Waals surface area contributed by atoms with Crippen LogP contribution in [0.5, 0.6) is 0 Å². The van der Waals surface area contributed by atoms with Gasteiger partial charge in [0, 0.05) is 5.69 Å². The summed E-state index contributed by atoms with van der Waals surface area (Å²) in [5.41, 5.74) is -1.30. The van der Waals surface area contributed by atoms with Crippen molar-refractivity contribution < 1.29 is 30.8 Å². The second-order valence-corrected chi connectivity index (χ2v) is 6.72. The fourth-order valence-electron chi connectivity index (χ4n) is 1.95. The molecule has 0 radical (unpaired) electrons. The third kappa shape index (κ3) is 5.17. The third-order valence-electron chi connectivity index (χ3n) is 3.20. The molecule has 0 fully saturated rings. The number of amides is 1. The smallest absolute Gasteiger partial charge is 0.374 e. The van der Waals surface area contributed by atoms with Gasteiger partial charge in [0.05, 0.1) is 22.7 Å². The monoisotopic (exact) mass is 391 g/mol.